The van der Waals surface area contributed by atoms with Crippen LogP contribution in [0.3, 0.4) is 0 Å². The highest BCUT2D eigenvalue weighted by atomic mass is 28.4. The van der Waals surface area contributed by atoms with E-state index >= 15 is 0 Å². The Balaban J connectivity index is 0.000000447. The van der Waals surface area contributed by atoms with Gasteiger partial charge in [0.25, 0.3) is 0 Å². The lowest BCUT2D eigenvalue weighted by atomic mass is 9.96. The zero-order chi connectivity index (χ0) is 92.1. The maximum absolute atomic E-state index is 13.4. The number of methoxy groups -OCH3 is 5. The summed E-state index contributed by atoms with van der Waals surface area (Å²) in [4.78, 5) is 62.4. The van der Waals surface area contributed by atoms with Crippen molar-refractivity contribution in [3.8, 4) is 58.7 Å². The number of phenols is 1. The van der Waals surface area contributed by atoms with Crippen molar-refractivity contribution in [3.05, 3.63) is 94.1 Å². The third-order valence-corrected chi connectivity index (χ3v) is 34.2. The highest BCUT2D eigenvalue weighted by Gasteiger charge is 2.46. The van der Waals surface area contributed by atoms with Crippen molar-refractivity contribution < 1.29 is 120 Å². The van der Waals surface area contributed by atoms with E-state index in [0.29, 0.717) is 84.3 Å². The Hall–Kier alpha value is -7.02. The quantitative estimate of drug-likeness (QED) is 0.0116. The Labute approximate surface area is 726 Å². The van der Waals surface area contributed by atoms with Crippen molar-refractivity contribution in [2.24, 2.45) is 17.8 Å². The first-order valence-corrected chi connectivity index (χ1v) is 54.9. The molecule has 2 saturated heterocycles. The molecule has 0 aromatic heterocycles. The molecule has 0 saturated carbocycles. The number of fused-ring (bicyclic) bond motifs is 1. The van der Waals surface area contributed by atoms with E-state index in [1.807, 2.05) is 52.8 Å². The molecule has 3 aliphatic heterocycles. The molecule has 680 valence electrons. The van der Waals surface area contributed by atoms with Crippen LogP contribution >= 0.6 is 0 Å². The van der Waals surface area contributed by atoms with Gasteiger partial charge in [0.05, 0.1) is 65.1 Å². The number of benzene rings is 3. The van der Waals surface area contributed by atoms with E-state index in [9.17, 15) is 44.4 Å². The molecule has 4 unspecified atom stereocenters. The number of aldehydes is 1. The lowest BCUT2D eigenvalue weighted by molar-refractivity contribution is -0.152. The number of esters is 3. The number of terminal acetylenes is 1. The first-order valence-electron chi connectivity index (χ1n) is 41.7. The Morgan fingerprint density at radius 1 is 0.636 bits per heavy atom. The van der Waals surface area contributed by atoms with Crippen LogP contribution in [0.4, 0.5) is 0 Å². The maximum Gasteiger partial charge on any atom is 0.342 e. The normalized spacial score (nSPS) is 21.8. The zero-order valence-corrected chi connectivity index (χ0v) is 82.2. The molecule has 0 aliphatic carbocycles. The summed E-state index contributed by atoms with van der Waals surface area (Å²) in [5.41, 5.74) is 2.27. The average Bonchev–Trinajstić information content (AvgIpc) is 1.80. The summed E-state index contributed by atoms with van der Waals surface area (Å²) >= 11 is 0. The molecule has 0 radical (unpaired) electrons. The minimum atomic E-state index is -1.96. The SMILES string of the molecule is C#C[C@@H](C)[C@H](C)O[Si](C)(C)C(C)(C)C.COCOc1cc(OC)cc(/C=C/C[C@@H]2OC(C)(C)O[C@@H]2C(O)C#C[C@H](C)[C@H](C)O[Si](C)(C)C(C)(C)C)c1C(=O)OCC[Si](C)(C)C.COCOc1cc(OC)cc(/C=C/C[C@@H]2OC(C)(C)O[C@@H]2C=O)c1C(=O)OCC[Si](C)(C)C.COc1cc(O)c2c(c1)CCCC(O)C(O)C(=O)/C=C\[C@@H](C)C(C)OC2=O. The molecular formula is C92H146O25Si4. The van der Waals surface area contributed by atoms with Gasteiger partial charge in [0.1, 0.15) is 81.7 Å². The number of hydrogen-bond donors (Lipinski definition) is 4. The highest BCUT2D eigenvalue weighted by Crippen LogP contribution is 2.42. The maximum atomic E-state index is 13.4. The molecule has 29 heteroatoms. The van der Waals surface area contributed by atoms with E-state index in [0.717, 1.165) is 18.4 Å². The fourth-order valence-electron chi connectivity index (χ4n) is 11.7. The van der Waals surface area contributed by atoms with Crippen molar-refractivity contribution >= 4 is 74.9 Å². The van der Waals surface area contributed by atoms with E-state index < -0.39 is 117 Å². The van der Waals surface area contributed by atoms with Gasteiger partial charge in [-0.2, -0.15) is 0 Å². The van der Waals surface area contributed by atoms with E-state index in [1.54, 1.807) is 71.2 Å². The summed E-state index contributed by atoms with van der Waals surface area (Å²) in [7, 11) is 1.17. The van der Waals surface area contributed by atoms with Crippen LogP contribution in [0.15, 0.2) is 60.7 Å². The van der Waals surface area contributed by atoms with Crippen molar-refractivity contribution in [2.75, 3.05) is 62.3 Å². The predicted octanol–water partition coefficient (Wildman–Crippen LogP) is 17.2. The molecule has 13 atom stereocenters. The number of carbonyl (C=O) groups excluding carboxylic acids is 5. The van der Waals surface area contributed by atoms with Crippen LogP contribution in [-0.4, -0.2) is 218 Å². The second-order valence-corrected chi connectivity index (χ2v) is 58.1. The van der Waals surface area contributed by atoms with Crippen LogP contribution < -0.4 is 23.7 Å². The van der Waals surface area contributed by atoms with E-state index in [1.165, 1.54) is 46.7 Å². The average molecular weight is 1760 g/mol. The largest absolute Gasteiger partial charge is 0.507 e. The number of cyclic esters (lactones) is 1. The smallest absolute Gasteiger partial charge is 0.342 e. The van der Waals surface area contributed by atoms with Gasteiger partial charge in [0.15, 0.2) is 53.9 Å². The molecule has 3 aliphatic rings. The molecule has 0 amide bonds. The predicted molar refractivity (Wildman–Crippen MR) is 483 cm³/mol. The Morgan fingerprint density at radius 2 is 1.08 bits per heavy atom. The van der Waals surface area contributed by atoms with Crippen LogP contribution in [-0.2, 0) is 67.5 Å². The fourth-order valence-corrected chi connectivity index (χ4v) is 16.1. The molecule has 6 rings (SSSR count). The lowest BCUT2D eigenvalue weighted by Crippen LogP contribution is -2.44. The molecule has 121 heavy (non-hydrogen) atoms. The number of hydrogen-bond acceptors (Lipinski definition) is 25. The van der Waals surface area contributed by atoms with Crippen molar-refractivity contribution in [3.63, 3.8) is 0 Å². The number of phenolic OH excluding ortho intramolecular Hbond substituents is 1. The van der Waals surface area contributed by atoms with E-state index in [-0.39, 0.29) is 82.5 Å². The highest BCUT2D eigenvalue weighted by molar-refractivity contribution is 6.76. The number of rotatable bonds is 31. The molecule has 3 aromatic rings. The van der Waals surface area contributed by atoms with Gasteiger partial charge in [-0.3, -0.25) is 4.79 Å². The van der Waals surface area contributed by atoms with Crippen molar-refractivity contribution in [1.82, 2.24) is 0 Å². The summed E-state index contributed by atoms with van der Waals surface area (Å²) in [5.74, 6) is 6.59. The number of aromatic hydroxyl groups is 1. The molecule has 2 fully saturated rings. The summed E-state index contributed by atoms with van der Waals surface area (Å²) in [6, 6.07) is 11.4. The number of ether oxygens (including phenoxy) is 14. The van der Waals surface area contributed by atoms with Crippen molar-refractivity contribution in [1.29, 1.82) is 0 Å². The lowest BCUT2D eigenvalue weighted by Gasteiger charge is -2.39. The number of aliphatic hydroxyl groups is 3. The Morgan fingerprint density at radius 3 is 1.52 bits per heavy atom. The van der Waals surface area contributed by atoms with Crippen LogP contribution in [0.2, 0.25) is 87.6 Å². The summed E-state index contributed by atoms with van der Waals surface area (Å²) in [6.45, 7) is 55.0. The van der Waals surface area contributed by atoms with Gasteiger partial charge < -0.3 is 100 Å². The Bertz CT molecular complexity index is 4010. The minimum absolute atomic E-state index is 0.0329. The molecular weight excluding hydrogens is 1620 g/mol. The minimum Gasteiger partial charge on any atom is -0.507 e. The van der Waals surface area contributed by atoms with Gasteiger partial charge in [-0.05, 0) is 184 Å². The zero-order valence-electron chi connectivity index (χ0n) is 78.2. The van der Waals surface area contributed by atoms with Crippen LogP contribution in [0.1, 0.15) is 184 Å². The molecule has 0 spiro atoms. The van der Waals surface area contributed by atoms with Gasteiger partial charge >= 0.3 is 17.9 Å². The standard InChI is InChI=1S/C36H60O9Si2.C24H36O8Si.C20H26O7.C12H24OSi/c1-25(26(2)45-47(13,14)35(3,4)5)18-19-29(37)33-30(43-36(6,7)44-33)17-15-16-27-22-28(40-9)23-31(42-24-39-8)32(27)34(38)41-20-21-46(10,11)12;1-24(2)31-19(21(15-25)32-24)10-8-9-17-13-18(28-4)14-20(30-16-27-3)22(17)23(26)29-11-12-33(5,6)7;1-11-7-8-16(22)19(24)15(21)6-4-5-13-9-14(26-3)10-17(23)18(13)20(25)27-12(11)2;1-9-10(2)11(3)13-14(7,8)12(4,5)6/h15-16,22-23,25-26,29-30,33,37H,17,20-21,24H2,1-14H3;8-9,13-15,19,21H,10-12,16H2,1-7H3;7-12,15,19,21,23-24H,4-6H2,1-3H3;1,10-11H,2-8H3/b16-15+;9-8+;8-7-;/t25-,26-,29?,30-,33+;19-,21+;11-,12?,15?,19?;10-,11+/m0011/s1. The Kier molecular flexibility index (Phi) is 43.3. The third-order valence-electron chi connectivity index (χ3n) is 21.7. The van der Waals surface area contributed by atoms with Gasteiger partial charge in [-0.25, -0.2) is 14.4 Å². The monoisotopic (exact) mass is 1760 g/mol. The van der Waals surface area contributed by atoms with Crippen LogP contribution in [0.25, 0.3) is 12.2 Å². The number of ketones is 1. The molecule has 3 heterocycles. The van der Waals surface area contributed by atoms with Crippen molar-refractivity contribution in [2.45, 2.75) is 303 Å². The molecule has 0 bridgehead atoms. The topological polar surface area (TPSA) is 314 Å². The second-order valence-electron chi connectivity index (χ2n) is 37.3. The molecule has 3 aromatic carbocycles. The summed E-state index contributed by atoms with van der Waals surface area (Å²) < 4.78 is 90.7. The molecule has 25 nitrogen and oxygen atoms in total. The van der Waals surface area contributed by atoms with E-state index in [4.69, 9.17) is 81.6 Å². The van der Waals surface area contributed by atoms with Crippen LogP contribution in [0.5, 0.6) is 34.5 Å². The summed E-state index contributed by atoms with van der Waals surface area (Å²) in [5, 5.41) is 41.8. The number of aliphatic hydroxyl groups excluding tert-OH is 3. The first-order chi connectivity index (χ1) is 55.9. The summed E-state index contributed by atoms with van der Waals surface area (Å²) in [6.07, 6.45) is 11.3. The van der Waals surface area contributed by atoms with Gasteiger partial charge in [0.2, 0.25) is 0 Å². The van der Waals surface area contributed by atoms with E-state index in [2.05, 4.69) is 132 Å². The fraction of sp³-hybridized carbons (Fsp3) is 0.641. The third kappa shape index (κ3) is 35.9. The van der Waals surface area contributed by atoms with Gasteiger partial charge in [0, 0.05) is 66.3 Å². The molecule has 4 N–H and O–H groups in total. The second kappa shape index (κ2) is 48.5. The van der Waals surface area contributed by atoms with Gasteiger partial charge in [-0.15, -0.1) is 12.3 Å². The first kappa shape index (κ1) is 108. The van der Waals surface area contributed by atoms with Gasteiger partial charge in [-0.1, -0.05) is 130 Å². The van der Waals surface area contributed by atoms with Crippen LogP contribution in [0, 0.1) is 41.9 Å². The number of aryl methyl sites for hydroxylation is 1. The number of carbonyl (C=O) groups is 5.